The number of esters is 4. The number of ether oxygens (including phenoxy) is 4. The highest BCUT2D eigenvalue weighted by Crippen LogP contribution is 2.25. The lowest BCUT2D eigenvalue weighted by molar-refractivity contribution is -0.190. The second-order valence-corrected chi connectivity index (χ2v) is 8.35. The lowest BCUT2D eigenvalue weighted by Gasteiger charge is -2.32. The van der Waals surface area contributed by atoms with Gasteiger partial charge in [0.15, 0.2) is 18.3 Å². The monoisotopic (exact) mass is 489 g/mol. The van der Waals surface area contributed by atoms with Crippen LogP contribution in [0.5, 0.6) is 0 Å². The van der Waals surface area contributed by atoms with Crippen LogP contribution in [0.4, 0.5) is 0 Å². The largest absolute Gasteiger partial charge is 0.462 e. The smallest absolute Gasteiger partial charge is 0.303 e. The Bertz CT molecular complexity index is 1200. The van der Waals surface area contributed by atoms with E-state index in [9.17, 15) is 24.0 Å². The molecule has 190 valence electrons. The summed E-state index contributed by atoms with van der Waals surface area (Å²) in [6, 6.07) is 5.31. The van der Waals surface area contributed by atoms with E-state index in [-0.39, 0.29) is 12.1 Å². The number of aromatic nitrogens is 1. The van der Waals surface area contributed by atoms with Gasteiger partial charge in [-0.05, 0) is 37.5 Å². The fraction of sp³-hybridized carbons (Fsp3) is 0.480. The molecule has 2 aromatic rings. The molecule has 0 radical (unpaired) electrons. The summed E-state index contributed by atoms with van der Waals surface area (Å²) in [6.07, 6.45) is -3.91. The van der Waals surface area contributed by atoms with Crippen LogP contribution in [0.15, 0.2) is 23.0 Å². The normalized spacial score (nSPS) is 13.5. The van der Waals surface area contributed by atoms with E-state index in [4.69, 9.17) is 18.9 Å². The van der Waals surface area contributed by atoms with Crippen molar-refractivity contribution in [2.45, 2.75) is 73.3 Å². The second-order valence-electron chi connectivity index (χ2n) is 8.35. The van der Waals surface area contributed by atoms with Gasteiger partial charge in [0.1, 0.15) is 6.61 Å². The van der Waals surface area contributed by atoms with Crippen molar-refractivity contribution >= 4 is 34.8 Å². The molecule has 1 aromatic carbocycles. The number of hydrogen-bond acceptors (Lipinski definition) is 9. The van der Waals surface area contributed by atoms with Crippen LogP contribution in [0.25, 0.3) is 10.9 Å². The molecular formula is C25H31NO9. The first-order valence-electron chi connectivity index (χ1n) is 11.1. The van der Waals surface area contributed by atoms with Crippen molar-refractivity contribution in [3.05, 3.63) is 45.2 Å². The summed E-state index contributed by atoms with van der Waals surface area (Å²) in [7, 11) is 0. The maximum absolute atomic E-state index is 13.1. The molecule has 0 aliphatic carbocycles. The van der Waals surface area contributed by atoms with Gasteiger partial charge in [0.25, 0.3) is 5.56 Å². The van der Waals surface area contributed by atoms with Crippen LogP contribution in [0.1, 0.15) is 44.4 Å². The minimum atomic E-state index is -1.37. The minimum Gasteiger partial charge on any atom is -0.462 e. The van der Waals surface area contributed by atoms with Crippen molar-refractivity contribution < 1.29 is 38.1 Å². The molecule has 1 heterocycles. The maximum atomic E-state index is 13.1. The molecule has 3 atom stereocenters. The summed E-state index contributed by atoms with van der Waals surface area (Å²) < 4.78 is 22.6. The van der Waals surface area contributed by atoms with E-state index >= 15 is 0 Å². The van der Waals surface area contributed by atoms with E-state index in [1.807, 2.05) is 32.9 Å². The molecule has 0 unspecified atom stereocenters. The van der Waals surface area contributed by atoms with Gasteiger partial charge in [0, 0.05) is 39.1 Å². The molecule has 10 heteroatoms. The minimum absolute atomic E-state index is 0.213. The predicted molar refractivity (Wildman–Crippen MR) is 126 cm³/mol. The van der Waals surface area contributed by atoms with E-state index in [0.29, 0.717) is 5.52 Å². The summed E-state index contributed by atoms with van der Waals surface area (Å²) in [5.41, 5.74) is 2.86. The Labute approximate surface area is 203 Å². The van der Waals surface area contributed by atoms with E-state index in [0.717, 1.165) is 42.8 Å². The molecule has 0 fully saturated rings. The van der Waals surface area contributed by atoms with E-state index in [1.165, 1.54) is 17.6 Å². The third-order valence-electron chi connectivity index (χ3n) is 5.49. The SMILES string of the molecule is CC(=O)OC[C@@H](OC(C)=O)[C@@H](OC(C)=O)[C@@H](Cn1c(=O)cc(C)c2ccc(C)c(C)c21)OC(C)=O. The number of hydrogen-bond donors (Lipinski definition) is 0. The van der Waals surface area contributed by atoms with Crippen molar-refractivity contribution in [2.75, 3.05) is 6.61 Å². The summed E-state index contributed by atoms with van der Waals surface area (Å²) in [5, 5.41) is 0.828. The Morgan fingerprint density at radius 1 is 0.800 bits per heavy atom. The Morgan fingerprint density at radius 2 is 1.37 bits per heavy atom. The van der Waals surface area contributed by atoms with Gasteiger partial charge >= 0.3 is 23.9 Å². The summed E-state index contributed by atoms with van der Waals surface area (Å²) in [4.78, 5) is 60.3. The molecule has 0 N–H and O–H groups in total. The Morgan fingerprint density at radius 3 is 1.91 bits per heavy atom. The highest BCUT2D eigenvalue weighted by atomic mass is 16.6. The second kappa shape index (κ2) is 11.6. The van der Waals surface area contributed by atoms with Crippen molar-refractivity contribution in [3.63, 3.8) is 0 Å². The number of rotatable bonds is 9. The first-order valence-corrected chi connectivity index (χ1v) is 11.1. The zero-order valence-electron chi connectivity index (χ0n) is 21.0. The summed E-state index contributed by atoms with van der Waals surface area (Å²) in [6.45, 7) is 9.54. The molecule has 2 rings (SSSR count). The van der Waals surface area contributed by atoms with E-state index < -0.39 is 48.8 Å². The van der Waals surface area contributed by atoms with Crippen LogP contribution in [0, 0.1) is 20.8 Å². The Balaban J connectivity index is 2.68. The highest BCUT2D eigenvalue weighted by molar-refractivity contribution is 5.86. The van der Waals surface area contributed by atoms with Gasteiger partial charge in [-0.15, -0.1) is 0 Å². The Hall–Kier alpha value is -3.69. The maximum Gasteiger partial charge on any atom is 0.303 e. The average molecular weight is 490 g/mol. The van der Waals surface area contributed by atoms with Crippen molar-refractivity contribution in [1.82, 2.24) is 4.57 Å². The molecule has 0 spiro atoms. The molecule has 0 aliphatic heterocycles. The summed E-state index contributed by atoms with van der Waals surface area (Å²) in [5.74, 6) is -2.84. The number of benzene rings is 1. The highest BCUT2D eigenvalue weighted by Gasteiger charge is 2.38. The van der Waals surface area contributed by atoms with Gasteiger partial charge in [0.2, 0.25) is 0 Å². The molecule has 10 nitrogen and oxygen atoms in total. The van der Waals surface area contributed by atoms with Crippen LogP contribution in [-0.4, -0.2) is 53.4 Å². The number of carbonyl (C=O) groups is 4. The number of nitrogens with zero attached hydrogens (tertiary/aromatic N) is 1. The zero-order chi connectivity index (χ0) is 26.4. The van der Waals surface area contributed by atoms with Crippen LogP contribution in [0.2, 0.25) is 0 Å². The van der Waals surface area contributed by atoms with Gasteiger partial charge in [-0.2, -0.15) is 0 Å². The van der Waals surface area contributed by atoms with Gasteiger partial charge in [-0.1, -0.05) is 12.1 Å². The van der Waals surface area contributed by atoms with Crippen LogP contribution < -0.4 is 5.56 Å². The molecule has 0 aliphatic rings. The average Bonchev–Trinajstić information content (AvgIpc) is 2.73. The van der Waals surface area contributed by atoms with Gasteiger partial charge in [-0.25, -0.2) is 0 Å². The quantitative estimate of drug-likeness (QED) is 0.385. The third kappa shape index (κ3) is 7.14. The van der Waals surface area contributed by atoms with Crippen LogP contribution in [-0.2, 0) is 44.7 Å². The van der Waals surface area contributed by atoms with Crippen molar-refractivity contribution in [3.8, 4) is 0 Å². The van der Waals surface area contributed by atoms with Gasteiger partial charge < -0.3 is 23.5 Å². The molecular weight excluding hydrogens is 458 g/mol. The van der Waals surface area contributed by atoms with Gasteiger partial charge in [0.05, 0.1) is 12.1 Å². The lowest BCUT2D eigenvalue weighted by atomic mass is 10.0. The Kier molecular flexibility index (Phi) is 9.16. The molecule has 0 saturated heterocycles. The van der Waals surface area contributed by atoms with E-state index in [1.54, 1.807) is 0 Å². The predicted octanol–water partition coefficient (Wildman–Crippen LogP) is 2.28. The molecule has 0 saturated carbocycles. The van der Waals surface area contributed by atoms with Crippen molar-refractivity contribution in [1.29, 1.82) is 0 Å². The first kappa shape index (κ1) is 27.6. The standard InChI is InChI=1S/C25H31NO9/c1-13-8-9-20-14(2)10-23(31)26(24(20)15(13)3)11-21(33-17(5)28)25(35-19(7)30)22(34-18(6)29)12-32-16(4)27/h8-10,21-22,25H,11-12H2,1-7H3/t21-,22-,25+/m1/s1. The fourth-order valence-electron chi connectivity index (χ4n) is 3.89. The molecule has 0 bridgehead atoms. The topological polar surface area (TPSA) is 127 Å². The summed E-state index contributed by atoms with van der Waals surface area (Å²) >= 11 is 0. The van der Waals surface area contributed by atoms with Crippen LogP contribution in [0.3, 0.4) is 0 Å². The molecule has 35 heavy (non-hydrogen) atoms. The number of fused-ring (bicyclic) bond motifs is 1. The first-order chi connectivity index (χ1) is 16.3. The van der Waals surface area contributed by atoms with E-state index in [2.05, 4.69) is 0 Å². The molecule has 1 aromatic heterocycles. The number of aryl methyl sites for hydroxylation is 3. The lowest BCUT2D eigenvalue weighted by Crippen LogP contribution is -2.49. The van der Waals surface area contributed by atoms with Crippen molar-refractivity contribution in [2.24, 2.45) is 0 Å². The van der Waals surface area contributed by atoms with Crippen LogP contribution >= 0.6 is 0 Å². The third-order valence-corrected chi connectivity index (χ3v) is 5.49. The van der Waals surface area contributed by atoms with Gasteiger partial charge in [-0.3, -0.25) is 24.0 Å². The molecule has 0 amide bonds. The fourth-order valence-corrected chi connectivity index (χ4v) is 3.89. The zero-order valence-corrected chi connectivity index (χ0v) is 21.0. The number of carbonyl (C=O) groups excluding carboxylic acids is 4. The number of pyridine rings is 1.